The summed E-state index contributed by atoms with van der Waals surface area (Å²) in [4.78, 5) is 15.0. The highest BCUT2D eigenvalue weighted by atomic mass is 32.2. The number of aliphatic hydroxyl groups is 1. The van der Waals surface area contributed by atoms with Crippen molar-refractivity contribution in [3.63, 3.8) is 0 Å². The van der Waals surface area contributed by atoms with Crippen LogP contribution in [-0.4, -0.2) is 41.0 Å². The SMILES string of the molecule is CSc1ccc([C@@H](C)NC(=O)N2CC[C@@](C)(O)C2)cc1. The van der Waals surface area contributed by atoms with Crippen molar-refractivity contribution >= 4 is 17.8 Å². The standard InChI is InChI=1S/C15H22N2O2S/c1-11(12-4-6-13(20-3)7-5-12)16-14(18)17-9-8-15(2,19)10-17/h4-7,11,19H,8-10H2,1-3H3,(H,16,18)/t11-,15-/m1/s1. The molecule has 1 aliphatic heterocycles. The van der Waals surface area contributed by atoms with Crippen molar-refractivity contribution in [2.24, 2.45) is 0 Å². The van der Waals surface area contributed by atoms with Crippen molar-refractivity contribution in [2.75, 3.05) is 19.3 Å². The van der Waals surface area contributed by atoms with Crippen LogP contribution < -0.4 is 5.32 Å². The van der Waals surface area contributed by atoms with Gasteiger partial charge in [0.1, 0.15) is 0 Å². The molecule has 2 N–H and O–H groups in total. The molecular weight excluding hydrogens is 272 g/mol. The summed E-state index contributed by atoms with van der Waals surface area (Å²) in [5.74, 6) is 0. The summed E-state index contributed by atoms with van der Waals surface area (Å²) in [5.41, 5.74) is 0.336. The molecule has 2 atom stereocenters. The molecule has 2 amide bonds. The Balaban J connectivity index is 1.93. The smallest absolute Gasteiger partial charge is 0.317 e. The number of hydrogen-bond donors (Lipinski definition) is 2. The first-order valence-corrected chi connectivity index (χ1v) is 8.05. The molecule has 110 valence electrons. The summed E-state index contributed by atoms with van der Waals surface area (Å²) >= 11 is 1.70. The molecule has 1 aromatic carbocycles. The van der Waals surface area contributed by atoms with Gasteiger partial charge >= 0.3 is 6.03 Å². The van der Waals surface area contributed by atoms with Gasteiger partial charge in [0, 0.05) is 11.4 Å². The van der Waals surface area contributed by atoms with E-state index in [1.165, 1.54) is 4.90 Å². The van der Waals surface area contributed by atoms with Gasteiger partial charge in [0.05, 0.1) is 18.2 Å². The molecule has 0 aromatic heterocycles. The summed E-state index contributed by atoms with van der Waals surface area (Å²) in [7, 11) is 0. The molecule has 0 unspecified atom stereocenters. The van der Waals surface area contributed by atoms with Crippen molar-refractivity contribution in [3.05, 3.63) is 29.8 Å². The number of benzene rings is 1. The Labute approximate surface area is 124 Å². The van der Waals surface area contributed by atoms with Gasteiger partial charge in [-0.05, 0) is 44.2 Å². The van der Waals surface area contributed by atoms with E-state index in [1.54, 1.807) is 23.6 Å². The second-order valence-corrected chi connectivity index (χ2v) is 6.49. The Morgan fingerprint density at radius 2 is 2.10 bits per heavy atom. The number of hydrogen-bond acceptors (Lipinski definition) is 3. The highest BCUT2D eigenvalue weighted by molar-refractivity contribution is 7.98. The van der Waals surface area contributed by atoms with Crippen LogP contribution in [0.3, 0.4) is 0 Å². The average Bonchev–Trinajstić information content (AvgIpc) is 2.79. The second-order valence-electron chi connectivity index (χ2n) is 5.61. The van der Waals surface area contributed by atoms with Crippen LogP contribution in [0.4, 0.5) is 4.79 Å². The monoisotopic (exact) mass is 294 g/mol. The van der Waals surface area contributed by atoms with Crippen LogP contribution in [0.15, 0.2) is 29.2 Å². The third-order valence-electron chi connectivity index (χ3n) is 3.69. The molecule has 4 nitrogen and oxygen atoms in total. The van der Waals surface area contributed by atoms with E-state index >= 15 is 0 Å². The van der Waals surface area contributed by atoms with Gasteiger partial charge in [-0.25, -0.2) is 4.79 Å². The molecule has 1 aromatic rings. The number of likely N-dealkylation sites (tertiary alicyclic amines) is 1. The number of β-amino-alcohol motifs (C(OH)–C–C–N with tert-alkyl or cyclic N) is 1. The zero-order valence-electron chi connectivity index (χ0n) is 12.2. The lowest BCUT2D eigenvalue weighted by molar-refractivity contribution is 0.0717. The summed E-state index contributed by atoms with van der Waals surface area (Å²) in [6.07, 6.45) is 2.68. The average molecular weight is 294 g/mol. The van der Waals surface area contributed by atoms with Gasteiger partial charge in [-0.15, -0.1) is 11.8 Å². The number of rotatable bonds is 3. The molecule has 0 bridgehead atoms. The molecule has 0 saturated carbocycles. The number of urea groups is 1. The van der Waals surface area contributed by atoms with Crippen LogP contribution in [0.1, 0.15) is 31.9 Å². The maximum Gasteiger partial charge on any atom is 0.317 e. The fourth-order valence-corrected chi connectivity index (χ4v) is 2.78. The molecule has 1 fully saturated rings. The number of carbonyl (C=O) groups excluding carboxylic acids is 1. The van der Waals surface area contributed by atoms with Gasteiger partial charge in [0.15, 0.2) is 0 Å². The zero-order valence-corrected chi connectivity index (χ0v) is 13.0. The summed E-state index contributed by atoms with van der Waals surface area (Å²) in [6, 6.07) is 8.05. The quantitative estimate of drug-likeness (QED) is 0.843. The van der Waals surface area contributed by atoms with E-state index in [0.717, 1.165) is 5.56 Å². The summed E-state index contributed by atoms with van der Waals surface area (Å²) < 4.78 is 0. The van der Waals surface area contributed by atoms with Crippen molar-refractivity contribution in [1.29, 1.82) is 0 Å². The minimum Gasteiger partial charge on any atom is -0.388 e. The number of thioether (sulfide) groups is 1. The number of amides is 2. The van der Waals surface area contributed by atoms with Crippen LogP contribution in [0.25, 0.3) is 0 Å². The van der Waals surface area contributed by atoms with Crippen molar-refractivity contribution in [1.82, 2.24) is 10.2 Å². The number of carbonyl (C=O) groups is 1. The van der Waals surface area contributed by atoms with Crippen molar-refractivity contribution in [3.8, 4) is 0 Å². The molecule has 0 spiro atoms. The predicted molar refractivity (Wildman–Crippen MR) is 82.0 cm³/mol. The molecule has 20 heavy (non-hydrogen) atoms. The van der Waals surface area contributed by atoms with Crippen molar-refractivity contribution in [2.45, 2.75) is 36.8 Å². The molecule has 1 aliphatic rings. The molecule has 1 saturated heterocycles. The van der Waals surface area contributed by atoms with Crippen LogP contribution >= 0.6 is 11.8 Å². The van der Waals surface area contributed by atoms with E-state index in [4.69, 9.17) is 0 Å². The van der Waals surface area contributed by atoms with Gasteiger partial charge in [0.25, 0.3) is 0 Å². The van der Waals surface area contributed by atoms with E-state index in [-0.39, 0.29) is 12.1 Å². The van der Waals surface area contributed by atoms with Gasteiger partial charge in [-0.3, -0.25) is 0 Å². The highest BCUT2D eigenvalue weighted by Crippen LogP contribution is 2.22. The number of nitrogens with one attached hydrogen (secondary N) is 1. The molecule has 2 rings (SSSR count). The maximum atomic E-state index is 12.1. The number of nitrogens with zero attached hydrogens (tertiary/aromatic N) is 1. The fourth-order valence-electron chi connectivity index (χ4n) is 2.37. The first kappa shape index (κ1) is 15.2. The van der Waals surface area contributed by atoms with Crippen LogP contribution in [0.2, 0.25) is 0 Å². The van der Waals surface area contributed by atoms with Gasteiger partial charge < -0.3 is 15.3 Å². The molecule has 0 aliphatic carbocycles. The van der Waals surface area contributed by atoms with Crippen molar-refractivity contribution < 1.29 is 9.90 Å². The Morgan fingerprint density at radius 1 is 1.45 bits per heavy atom. The van der Waals surface area contributed by atoms with Crippen LogP contribution in [-0.2, 0) is 0 Å². The first-order chi connectivity index (χ1) is 9.41. The molecule has 5 heteroatoms. The predicted octanol–water partition coefficient (Wildman–Crippen LogP) is 2.64. The summed E-state index contributed by atoms with van der Waals surface area (Å²) in [6.45, 7) is 4.75. The molecular formula is C15H22N2O2S. The minimum absolute atomic E-state index is 0.0380. The minimum atomic E-state index is -0.749. The molecule has 0 radical (unpaired) electrons. The van der Waals surface area contributed by atoms with E-state index in [0.29, 0.717) is 19.5 Å². The van der Waals surface area contributed by atoms with Gasteiger partial charge in [0.2, 0.25) is 0 Å². The fraction of sp³-hybridized carbons (Fsp3) is 0.533. The lowest BCUT2D eigenvalue weighted by atomic mass is 10.1. The Bertz CT molecular complexity index is 473. The zero-order chi connectivity index (χ0) is 14.8. The lowest BCUT2D eigenvalue weighted by Gasteiger charge is -2.22. The normalized spacial score (nSPS) is 23.7. The Morgan fingerprint density at radius 3 is 2.60 bits per heavy atom. The van der Waals surface area contributed by atoms with E-state index < -0.39 is 5.60 Å². The lowest BCUT2D eigenvalue weighted by Crippen LogP contribution is -2.41. The molecule has 1 heterocycles. The Kier molecular flexibility index (Phi) is 4.60. The second kappa shape index (κ2) is 6.06. The van der Waals surface area contributed by atoms with E-state index in [9.17, 15) is 9.90 Å². The first-order valence-electron chi connectivity index (χ1n) is 6.83. The third-order valence-corrected chi connectivity index (χ3v) is 4.44. The maximum absolute atomic E-state index is 12.1. The van der Waals surface area contributed by atoms with Crippen LogP contribution in [0.5, 0.6) is 0 Å². The third kappa shape index (κ3) is 3.67. The summed E-state index contributed by atoms with van der Waals surface area (Å²) in [5, 5.41) is 12.9. The van der Waals surface area contributed by atoms with E-state index in [1.807, 2.05) is 25.3 Å². The largest absolute Gasteiger partial charge is 0.388 e. The van der Waals surface area contributed by atoms with Gasteiger partial charge in [-0.1, -0.05) is 12.1 Å². The van der Waals surface area contributed by atoms with Gasteiger partial charge in [-0.2, -0.15) is 0 Å². The van der Waals surface area contributed by atoms with Crippen LogP contribution in [0, 0.1) is 0 Å². The van der Waals surface area contributed by atoms with E-state index in [2.05, 4.69) is 17.4 Å². The highest BCUT2D eigenvalue weighted by Gasteiger charge is 2.34. The topological polar surface area (TPSA) is 52.6 Å². The Hall–Kier alpha value is -1.20.